The number of nitrogens with zero attached hydrogens (tertiary/aromatic N) is 1. The second-order valence-electron chi connectivity index (χ2n) is 3.76. The van der Waals surface area contributed by atoms with Crippen LogP contribution in [-0.4, -0.2) is 18.5 Å². The number of anilines is 1. The van der Waals surface area contributed by atoms with Crippen LogP contribution in [0.25, 0.3) is 0 Å². The Hall–Kier alpha value is -1.60. The fourth-order valence-corrected chi connectivity index (χ4v) is 4.07. The molecule has 7 heteroatoms. The van der Waals surface area contributed by atoms with Crippen molar-refractivity contribution >= 4 is 27.0 Å². The molecule has 0 saturated heterocycles. The smallest absolute Gasteiger partial charge is 0.273 e. The molecule has 96 valence electrons. The molecule has 0 atom stereocenters. The van der Waals surface area contributed by atoms with Gasteiger partial charge in [0.05, 0.1) is 16.4 Å². The zero-order chi connectivity index (χ0) is 13.3. The number of thiazole rings is 1. The highest BCUT2D eigenvalue weighted by Gasteiger charge is 2.20. The van der Waals surface area contributed by atoms with Crippen LogP contribution in [0.5, 0.6) is 5.75 Å². The van der Waals surface area contributed by atoms with E-state index < -0.39 is 10.0 Å². The van der Waals surface area contributed by atoms with Crippen molar-refractivity contribution in [3.8, 4) is 5.75 Å². The summed E-state index contributed by atoms with van der Waals surface area (Å²) in [7, 11) is -3.65. The Morgan fingerprint density at radius 3 is 2.61 bits per heavy atom. The van der Waals surface area contributed by atoms with Crippen molar-refractivity contribution in [1.82, 2.24) is 4.98 Å². The topological polar surface area (TPSA) is 79.3 Å². The third kappa shape index (κ3) is 2.62. The Morgan fingerprint density at radius 1 is 1.33 bits per heavy atom. The van der Waals surface area contributed by atoms with E-state index in [1.165, 1.54) is 12.1 Å². The SMILES string of the molecule is Cc1nc(C)c(S(=O)(=O)Nc2cccc(O)c2)s1. The van der Waals surface area contributed by atoms with E-state index in [1.54, 1.807) is 26.0 Å². The number of hydrogen-bond donors (Lipinski definition) is 2. The van der Waals surface area contributed by atoms with Crippen molar-refractivity contribution in [2.75, 3.05) is 4.72 Å². The maximum atomic E-state index is 12.1. The van der Waals surface area contributed by atoms with Gasteiger partial charge in [0.25, 0.3) is 10.0 Å². The summed E-state index contributed by atoms with van der Waals surface area (Å²) in [6.45, 7) is 3.41. The van der Waals surface area contributed by atoms with Gasteiger partial charge < -0.3 is 5.11 Å². The number of hydrogen-bond acceptors (Lipinski definition) is 5. The first-order valence-electron chi connectivity index (χ1n) is 5.14. The van der Waals surface area contributed by atoms with Crippen LogP contribution < -0.4 is 4.72 Å². The quantitative estimate of drug-likeness (QED) is 0.906. The van der Waals surface area contributed by atoms with E-state index in [9.17, 15) is 13.5 Å². The number of benzene rings is 1. The van der Waals surface area contributed by atoms with E-state index in [-0.39, 0.29) is 9.96 Å². The summed E-state index contributed by atoms with van der Waals surface area (Å²) in [6, 6.07) is 5.96. The summed E-state index contributed by atoms with van der Waals surface area (Å²) >= 11 is 1.12. The lowest BCUT2D eigenvalue weighted by molar-refractivity contribution is 0.475. The zero-order valence-electron chi connectivity index (χ0n) is 9.84. The molecule has 2 aromatic rings. The highest BCUT2D eigenvalue weighted by molar-refractivity contribution is 7.94. The maximum absolute atomic E-state index is 12.1. The van der Waals surface area contributed by atoms with E-state index in [0.29, 0.717) is 16.4 Å². The summed E-state index contributed by atoms with van der Waals surface area (Å²) in [5, 5.41) is 9.99. The third-order valence-electron chi connectivity index (χ3n) is 2.20. The van der Waals surface area contributed by atoms with Gasteiger partial charge in [-0.3, -0.25) is 4.72 Å². The highest BCUT2D eigenvalue weighted by atomic mass is 32.2. The Bertz CT molecular complexity index is 677. The molecule has 1 aromatic carbocycles. The average molecular weight is 284 g/mol. The molecular weight excluding hydrogens is 272 g/mol. The number of aromatic hydroxyl groups is 1. The Labute approximate surface area is 109 Å². The monoisotopic (exact) mass is 284 g/mol. The van der Waals surface area contributed by atoms with E-state index >= 15 is 0 Å². The van der Waals surface area contributed by atoms with Gasteiger partial charge in [0.2, 0.25) is 0 Å². The van der Waals surface area contributed by atoms with Crippen molar-refractivity contribution in [3.05, 3.63) is 35.0 Å². The van der Waals surface area contributed by atoms with Crippen molar-refractivity contribution in [2.45, 2.75) is 18.1 Å². The number of nitrogens with one attached hydrogen (secondary N) is 1. The Balaban J connectivity index is 2.36. The summed E-state index contributed by atoms with van der Waals surface area (Å²) in [4.78, 5) is 4.09. The van der Waals surface area contributed by atoms with Crippen molar-refractivity contribution in [2.24, 2.45) is 0 Å². The molecule has 0 aliphatic heterocycles. The van der Waals surface area contributed by atoms with Crippen LogP contribution in [0, 0.1) is 13.8 Å². The lowest BCUT2D eigenvalue weighted by Gasteiger charge is -2.06. The van der Waals surface area contributed by atoms with Crippen molar-refractivity contribution in [1.29, 1.82) is 0 Å². The predicted octanol–water partition coefficient (Wildman–Crippen LogP) is 2.27. The number of phenolic OH excluding ortho intramolecular Hbond substituents is 1. The molecule has 2 N–H and O–H groups in total. The Morgan fingerprint density at radius 2 is 2.06 bits per heavy atom. The van der Waals surface area contributed by atoms with Gasteiger partial charge in [-0.05, 0) is 26.0 Å². The molecule has 0 saturated carbocycles. The molecule has 0 bridgehead atoms. The average Bonchev–Trinajstić information content (AvgIpc) is 2.58. The van der Waals surface area contributed by atoms with E-state index in [2.05, 4.69) is 9.71 Å². The number of aromatic nitrogens is 1. The minimum absolute atomic E-state index is 0.00686. The van der Waals surface area contributed by atoms with Gasteiger partial charge in [-0.2, -0.15) is 0 Å². The van der Waals surface area contributed by atoms with E-state index in [4.69, 9.17) is 0 Å². The molecular formula is C11H12N2O3S2. The van der Waals surface area contributed by atoms with Gasteiger partial charge in [0.15, 0.2) is 4.21 Å². The maximum Gasteiger partial charge on any atom is 0.273 e. The fraction of sp³-hybridized carbons (Fsp3) is 0.182. The normalized spacial score (nSPS) is 11.4. The number of rotatable bonds is 3. The first-order valence-corrected chi connectivity index (χ1v) is 7.44. The number of phenols is 1. The van der Waals surface area contributed by atoms with Crippen LogP contribution in [0.2, 0.25) is 0 Å². The lowest BCUT2D eigenvalue weighted by atomic mass is 10.3. The molecule has 0 amide bonds. The molecule has 5 nitrogen and oxygen atoms in total. The van der Waals surface area contributed by atoms with Gasteiger partial charge in [0.1, 0.15) is 5.75 Å². The molecule has 0 fully saturated rings. The summed E-state index contributed by atoms with van der Waals surface area (Å²) < 4.78 is 26.9. The Kier molecular flexibility index (Phi) is 3.27. The van der Waals surface area contributed by atoms with E-state index in [0.717, 1.165) is 11.3 Å². The van der Waals surface area contributed by atoms with Crippen molar-refractivity contribution in [3.63, 3.8) is 0 Å². The summed E-state index contributed by atoms with van der Waals surface area (Å²) in [5.74, 6) is 0.00686. The van der Waals surface area contributed by atoms with Crippen LogP contribution in [0.4, 0.5) is 5.69 Å². The van der Waals surface area contributed by atoms with Gasteiger partial charge in [-0.1, -0.05) is 6.07 Å². The van der Waals surface area contributed by atoms with Crippen LogP contribution in [0.1, 0.15) is 10.7 Å². The molecule has 0 unspecified atom stereocenters. The molecule has 0 aliphatic carbocycles. The van der Waals surface area contributed by atoms with Crippen LogP contribution >= 0.6 is 11.3 Å². The zero-order valence-corrected chi connectivity index (χ0v) is 11.5. The second-order valence-corrected chi connectivity index (χ2v) is 6.84. The molecule has 18 heavy (non-hydrogen) atoms. The number of aryl methyl sites for hydroxylation is 2. The first kappa shape index (κ1) is 12.8. The number of sulfonamides is 1. The molecule has 2 rings (SSSR count). The lowest BCUT2D eigenvalue weighted by Crippen LogP contribution is -2.12. The molecule has 0 radical (unpaired) electrons. The first-order chi connectivity index (χ1) is 8.38. The van der Waals surface area contributed by atoms with Crippen molar-refractivity contribution < 1.29 is 13.5 Å². The van der Waals surface area contributed by atoms with Crippen LogP contribution in [0.15, 0.2) is 28.5 Å². The standard InChI is InChI=1S/C11H12N2O3S2/c1-7-11(17-8(2)12-7)18(15,16)13-9-4-3-5-10(14)6-9/h3-6,13-14H,1-2H3. The highest BCUT2D eigenvalue weighted by Crippen LogP contribution is 2.26. The molecule has 1 aromatic heterocycles. The minimum atomic E-state index is -3.65. The molecule has 1 heterocycles. The predicted molar refractivity (Wildman–Crippen MR) is 70.5 cm³/mol. The minimum Gasteiger partial charge on any atom is -0.508 e. The third-order valence-corrected chi connectivity index (χ3v) is 5.27. The molecule has 0 spiro atoms. The summed E-state index contributed by atoms with van der Waals surface area (Å²) in [5.41, 5.74) is 0.797. The largest absolute Gasteiger partial charge is 0.508 e. The van der Waals surface area contributed by atoms with E-state index in [1.807, 2.05) is 0 Å². The fourth-order valence-electron chi connectivity index (χ4n) is 1.53. The van der Waals surface area contributed by atoms with Gasteiger partial charge in [-0.25, -0.2) is 13.4 Å². The van der Waals surface area contributed by atoms with Gasteiger partial charge in [0, 0.05) is 6.07 Å². The second kappa shape index (κ2) is 4.58. The van der Waals surface area contributed by atoms with Crippen LogP contribution in [-0.2, 0) is 10.0 Å². The molecule has 0 aliphatic rings. The van der Waals surface area contributed by atoms with Gasteiger partial charge >= 0.3 is 0 Å². The summed E-state index contributed by atoms with van der Waals surface area (Å²) in [6.07, 6.45) is 0. The van der Waals surface area contributed by atoms with Gasteiger partial charge in [-0.15, -0.1) is 11.3 Å². The van der Waals surface area contributed by atoms with Crippen LogP contribution in [0.3, 0.4) is 0 Å².